The van der Waals surface area contributed by atoms with Gasteiger partial charge in [0.25, 0.3) is 0 Å². The van der Waals surface area contributed by atoms with E-state index in [0.717, 1.165) is 0 Å². The van der Waals surface area contributed by atoms with Gasteiger partial charge in [0.05, 0.1) is 18.1 Å². The van der Waals surface area contributed by atoms with Crippen LogP contribution < -0.4 is 15.0 Å². The Bertz CT molecular complexity index is 568. The van der Waals surface area contributed by atoms with Gasteiger partial charge in [0, 0.05) is 19.6 Å². The van der Waals surface area contributed by atoms with Crippen LogP contribution in [-0.2, 0) is 9.84 Å². The predicted octanol–water partition coefficient (Wildman–Crippen LogP) is 0.325. The number of nitrogens with one attached hydrogen (secondary N) is 1. The first-order valence-electron chi connectivity index (χ1n) is 7.01. The monoisotopic (exact) mass is 315 g/mol. The minimum atomic E-state index is -2.95. The van der Waals surface area contributed by atoms with Gasteiger partial charge in [-0.25, -0.2) is 8.42 Å². The number of rotatable bonds is 6. The summed E-state index contributed by atoms with van der Waals surface area (Å²) in [6.45, 7) is 4.92. The summed E-state index contributed by atoms with van der Waals surface area (Å²) in [5.74, 6) is 1.20. The Morgan fingerprint density at radius 3 is 2.67 bits per heavy atom. The van der Waals surface area contributed by atoms with E-state index in [-0.39, 0.29) is 23.6 Å². The zero-order valence-electron chi connectivity index (χ0n) is 12.5. The molecule has 0 saturated carbocycles. The average Bonchev–Trinajstić information content (AvgIpc) is 2.79. The SMILES string of the molecule is CCNc1nc(OCC)nc(N(C)C2CCS(=O)(=O)C2)n1. The number of hydrogen-bond acceptors (Lipinski definition) is 8. The molecule has 1 unspecified atom stereocenters. The second-order valence-corrected chi connectivity index (χ2v) is 7.10. The molecule has 0 radical (unpaired) electrons. The van der Waals surface area contributed by atoms with E-state index in [9.17, 15) is 8.42 Å². The second-order valence-electron chi connectivity index (χ2n) is 4.87. The zero-order valence-corrected chi connectivity index (χ0v) is 13.4. The molecule has 1 saturated heterocycles. The lowest BCUT2D eigenvalue weighted by molar-refractivity contribution is 0.312. The van der Waals surface area contributed by atoms with Gasteiger partial charge in [0.1, 0.15) is 0 Å². The summed E-state index contributed by atoms with van der Waals surface area (Å²) < 4.78 is 28.5. The lowest BCUT2D eigenvalue weighted by atomic mass is 10.2. The van der Waals surface area contributed by atoms with Crippen LogP contribution in [0.3, 0.4) is 0 Å². The van der Waals surface area contributed by atoms with Crippen molar-refractivity contribution >= 4 is 21.7 Å². The van der Waals surface area contributed by atoms with Crippen LogP contribution in [0.15, 0.2) is 0 Å². The standard InChI is InChI=1S/C12H21N5O3S/c1-4-13-10-14-11(16-12(15-10)20-5-2)17(3)9-6-7-21(18,19)8-9/h9H,4-8H2,1-3H3,(H,13,14,15,16). The van der Waals surface area contributed by atoms with E-state index in [1.54, 1.807) is 11.9 Å². The molecule has 0 aromatic carbocycles. The lowest BCUT2D eigenvalue weighted by Gasteiger charge is -2.23. The molecule has 0 aliphatic carbocycles. The first kappa shape index (κ1) is 15.7. The molecular weight excluding hydrogens is 294 g/mol. The van der Waals surface area contributed by atoms with Gasteiger partial charge in [0.15, 0.2) is 9.84 Å². The molecule has 0 amide bonds. The predicted molar refractivity (Wildman–Crippen MR) is 80.6 cm³/mol. The molecule has 21 heavy (non-hydrogen) atoms. The average molecular weight is 315 g/mol. The van der Waals surface area contributed by atoms with Gasteiger partial charge < -0.3 is 15.0 Å². The second kappa shape index (κ2) is 6.42. The van der Waals surface area contributed by atoms with E-state index in [0.29, 0.717) is 31.5 Å². The number of nitrogens with zero attached hydrogens (tertiary/aromatic N) is 4. The molecule has 1 N–H and O–H groups in total. The maximum absolute atomic E-state index is 11.6. The van der Waals surface area contributed by atoms with Gasteiger partial charge in [-0.3, -0.25) is 0 Å². The zero-order chi connectivity index (χ0) is 15.5. The fraction of sp³-hybridized carbons (Fsp3) is 0.750. The largest absolute Gasteiger partial charge is 0.464 e. The Hall–Kier alpha value is -1.64. The molecule has 0 bridgehead atoms. The van der Waals surface area contributed by atoms with Crippen LogP contribution in [-0.4, -0.2) is 61.1 Å². The maximum atomic E-state index is 11.6. The van der Waals surface area contributed by atoms with Crippen molar-refractivity contribution in [2.24, 2.45) is 0 Å². The number of anilines is 2. The Labute approximate surface area is 124 Å². The van der Waals surface area contributed by atoms with Crippen LogP contribution in [0.1, 0.15) is 20.3 Å². The number of hydrogen-bond donors (Lipinski definition) is 1. The maximum Gasteiger partial charge on any atom is 0.323 e. The fourth-order valence-corrected chi connectivity index (χ4v) is 3.95. The van der Waals surface area contributed by atoms with E-state index in [4.69, 9.17) is 4.74 Å². The molecule has 9 heteroatoms. The molecule has 118 valence electrons. The summed E-state index contributed by atoms with van der Waals surface area (Å²) in [4.78, 5) is 14.5. The van der Waals surface area contributed by atoms with Gasteiger partial charge in [-0.05, 0) is 20.3 Å². The van der Waals surface area contributed by atoms with Crippen LogP contribution in [0.2, 0.25) is 0 Å². The van der Waals surface area contributed by atoms with Gasteiger partial charge >= 0.3 is 6.01 Å². The summed E-state index contributed by atoms with van der Waals surface area (Å²) in [6.07, 6.45) is 0.588. The van der Waals surface area contributed by atoms with Crippen LogP contribution in [0.25, 0.3) is 0 Å². The highest BCUT2D eigenvalue weighted by atomic mass is 32.2. The minimum Gasteiger partial charge on any atom is -0.464 e. The first-order valence-corrected chi connectivity index (χ1v) is 8.83. The van der Waals surface area contributed by atoms with E-state index in [1.165, 1.54) is 0 Å². The Morgan fingerprint density at radius 1 is 1.33 bits per heavy atom. The van der Waals surface area contributed by atoms with E-state index in [1.807, 2.05) is 13.8 Å². The van der Waals surface area contributed by atoms with Gasteiger partial charge in [-0.2, -0.15) is 15.0 Å². The molecule has 1 atom stereocenters. The molecule has 1 aromatic rings. The molecule has 2 rings (SSSR count). The normalized spacial score (nSPS) is 20.2. The van der Waals surface area contributed by atoms with Crippen LogP contribution in [0.5, 0.6) is 6.01 Å². The molecule has 1 fully saturated rings. The quantitative estimate of drug-likeness (QED) is 0.802. The van der Waals surface area contributed by atoms with E-state index in [2.05, 4.69) is 20.3 Å². The summed E-state index contributed by atoms with van der Waals surface area (Å²) in [7, 11) is -1.15. The highest BCUT2D eigenvalue weighted by molar-refractivity contribution is 7.91. The van der Waals surface area contributed by atoms with Crippen LogP contribution in [0, 0.1) is 0 Å². The number of sulfone groups is 1. The highest BCUT2D eigenvalue weighted by Gasteiger charge is 2.32. The Kier molecular flexibility index (Phi) is 4.81. The lowest BCUT2D eigenvalue weighted by Crippen LogP contribution is -2.34. The smallest absolute Gasteiger partial charge is 0.323 e. The third-order valence-corrected chi connectivity index (χ3v) is 5.03. The summed E-state index contributed by atoms with van der Waals surface area (Å²) in [5, 5.41) is 3.02. The third-order valence-electron chi connectivity index (χ3n) is 3.28. The Balaban J connectivity index is 2.24. The molecule has 1 aliphatic heterocycles. The summed E-state index contributed by atoms with van der Waals surface area (Å²) in [5.41, 5.74) is 0. The van der Waals surface area contributed by atoms with Crippen molar-refractivity contribution in [2.75, 3.05) is 41.9 Å². The van der Waals surface area contributed by atoms with Gasteiger partial charge in [-0.1, -0.05) is 0 Å². The van der Waals surface area contributed by atoms with E-state index < -0.39 is 9.84 Å². The molecule has 0 spiro atoms. The summed E-state index contributed by atoms with van der Waals surface area (Å²) in [6, 6.07) is 0.132. The van der Waals surface area contributed by atoms with Crippen molar-refractivity contribution in [3.05, 3.63) is 0 Å². The van der Waals surface area contributed by atoms with Crippen molar-refractivity contribution in [3.8, 4) is 6.01 Å². The third kappa shape index (κ3) is 3.93. The minimum absolute atomic E-state index is 0.110. The number of aromatic nitrogens is 3. The van der Waals surface area contributed by atoms with Crippen molar-refractivity contribution in [3.63, 3.8) is 0 Å². The fourth-order valence-electron chi connectivity index (χ4n) is 2.18. The van der Waals surface area contributed by atoms with E-state index >= 15 is 0 Å². The van der Waals surface area contributed by atoms with Gasteiger partial charge in [-0.15, -0.1) is 0 Å². The first-order chi connectivity index (χ1) is 9.95. The number of ether oxygens (including phenoxy) is 1. The molecular formula is C12H21N5O3S. The van der Waals surface area contributed by atoms with Crippen molar-refractivity contribution < 1.29 is 13.2 Å². The topological polar surface area (TPSA) is 97.3 Å². The summed E-state index contributed by atoms with van der Waals surface area (Å²) >= 11 is 0. The van der Waals surface area contributed by atoms with Gasteiger partial charge in [0.2, 0.25) is 11.9 Å². The van der Waals surface area contributed by atoms with Crippen molar-refractivity contribution in [1.29, 1.82) is 0 Å². The molecule has 8 nitrogen and oxygen atoms in total. The molecule has 2 heterocycles. The highest BCUT2D eigenvalue weighted by Crippen LogP contribution is 2.22. The van der Waals surface area contributed by atoms with Crippen LogP contribution in [0.4, 0.5) is 11.9 Å². The van der Waals surface area contributed by atoms with Crippen molar-refractivity contribution in [2.45, 2.75) is 26.3 Å². The van der Waals surface area contributed by atoms with Crippen molar-refractivity contribution in [1.82, 2.24) is 15.0 Å². The molecule has 1 aromatic heterocycles. The van der Waals surface area contributed by atoms with Crippen LogP contribution >= 0.6 is 0 Å². The Morgan fingerprint density at radius 2 is 2.10 bits per heavy atom. The molecule has 1 aliphatic rings.